The average Bonchev–Trinajstić information content (AvgIpc) is 3.81. The van der Waals surface area contributed by atoms with Gasteiger partial charge < -0.3 is 34.3 Å². The number of carbonyl (C=O) groups excluding carboxylic acids is 2. The molecule has 11 heteroatoms. The molecule has 0 aliphatic carbocycles. The number of likely N-dealkylation sites (N-methyl/N-ethyl adjacent to an activating group) is 1. The molecule has 50 heavy (non-hydrogen) atoms. The summed E-state index contributed by atoms with van der Waals surface area (Å²) in [5, 5.41) is 34.3. The largest absolute Gasteiger partial charge is 0.457 e. The zero-order valence-corrected chi connectivity index (χ0v) is 31.8. The van der Waals surface area contributed by atoms with Gasteiger partial charge in [0.1, 0.15) is 23.9 Å². The molecule has 2 aliphatic heterocycles. The third-order valence-corrected chi connectivity index (χ3v) is 10.2. The first-order valence-corrected chi connectivity index (χ1v) is 17.9. The smallest absolute Gasteiger partial charge is 0.309 e. The van der Waals surface area contributed by atoms with Crippen molar-refractivity contribution in [3.8, 4) is 0 Å². The van der Waals surface area contributed by atoms with Gasteiger partial charge in [-0.25, -0.2) is 0 Å². The van der Waals surface area contributed by atoms with Gasteiger partial charge in [-0.15, -0.1) is 0 Å². The minimum Gasteiger partial charge on any atom is -0.457 e. The second kappa shape index (κ2) is 18.3. The van der Waals surface area contributed by atoms with Gasteiger partial charge in [0.05, 0.1) is 36.4 Å². The summed E-state index contributed by atoms with van der Waals surface area (Å²) in [6.45, 7) is 13.0. The summed E-state index contributed by atoms with van der Waals surface area (Å²) in [7, 11) is 3.67. The Labute approximate surface area is 303 Å². The lowest BCUT2D eigenvalue weighted by atomic mass is 9.86. The van der Waals surface area contributed by atoms with E-state index in [0.29, 0.717) is 17.1 Å². The fourth-order valence-electron chi connectivity index (χ4n) is 7.00. The van der Waals surface area contributed by atoms with Crippen molar-refractivity contribution in [3.63, 3.8) is 0 Å². The predicted molar refractivity (Wildman–Crippen MR) is 193 cm³/mol. The SMILES string of the molecule is CC[C@H](OC)[C@@H](C)[C@H]1O[C@@H]1C(N(C)Cc1ccc(Cl)cc1)C(C)(O)/C=C/C=C(\C)C1OC(=O)C[C@H](O)CC[C@@](C)(O)[C@@H](OC(C)=O)/C=C/[C@@H]1C. The van der Waals surface area contributed by atoms with Crippen LogP contribution in [0.4, 0.5) is 0 Å². The van der Waals surface area contributed by atoms with Gasteiger partial charge in [-0.05, 0) is 76.4 Å². The van der Waals surface area contributed by atoms with Crippen LogP contribution in [0.25, 0.3) is 0 Å². The number of nitrogens with zero attached hydrogens (tertiary/aromatic N) is 1. The van der Waals surface area contributed by atoms with E-state index in [1.54, 1.807) is 51.3 Å². The number of ether oxygens (including phenoxy) is 4. The summed E-state index contributed by atoms with van der Waals surface area (Å²) in [5.74, 6) is -1.38. The molecule has 0 bridgehead atoms. The van der Waals surface area contributed by atoms with E-state index in [4.69, 9.17) is 30.5 Å². The van der Waals surface area contributed by atoms with Crippen molar-refractivity contribution in [1.29, 1.82) is 0 Å². The molecular weight excluding hydrogens is 662 g/mol. The molecule has 1 saturated heterocycles. The van der Waals surface area contributed by atoms with E-state index in [9.17, 15) is 24.9 Å². The monoisotopic (exact) mass is 719 g/mol. The fourth-order valence-corrected chi connectivity index (χ4v) is 7.13. The van der Waals surface area contributed by atoms with E-state index in [0.717, 1.165) is 12.0 Å². The Morgan fingerprint density at radius 1 is 1.22 bits per heavy atom. The Balaban J connectivity index is 1.91. The molecule has 10 nitrogen and oxygen atoms in total. The maximum absolute atomic E-state index is 12.9. The number of allylic oxidation sites excluding steroid dienone is 2. The van der Waals surface area contributed by atoms with Crippen LogP contribution in [0, 0.1) is 11.8 Å². The van der Waals surface area contributed by atoms with Crippen molar-refractivity contribution in [3.05, 3.63) is 70.8 Å². The predicted octanol–water partition coefficient (Wildman–Crippen LogP) is 5.55. The van der Waals surface area contributed by atoms with Crippen molar-refractivity contribution in [1.82, 2.24) is 4.90 Å². The molecule has 0 radical (unpaired) electrons. The van der Waals surface area contributed by atoms with Gasteiger partial charge in [-0.3, -0.25) is 14.5 Å². The molecular formula is C39H58ClNO9. The van der Waals surface area contributed by atoms with Crippen LogP contribution in [-0.4, -0.2) is 100 Å². The number of epoxide rings is 1. The Kier molecular flexibility index (Phi) is 15.3. The van der Waals surface area contributed by atoms with Crippen molar-refractivity contribution in [2.75, 3.05) is 14.2 Å². The highest BCUT2D eigenvalue weighted by Gasteiger charge is 2.55. The van der Waals surface area contributed by atoms with Crippen LogP contribution in [0.5, 0.6) is 0 Å². The topological polar surface area (TPSA) is 138 Å². The van der Waals surface area contributed by atoms with Crippen LogP contribution in [0.15, 0.2) is 60.2 Å². The summed E-state index contributed by atoms with van der Waals surface area (Å²) in [4.78, 5) is 26.8. The molecule has 2 heterocycles. The molecule has 11 atom stereocenters. The molecule has 0 aromatic heterocycles. The highest BCUT2D eigenvalue weighted by atomic mass is 35.5. The minimum atomic E-state index is -1.46. The summed E-state index contributed by atoms with van der Waals surface area (Å²) in [6, 6.07) is 7.21. The maximum atomic E-state index is 12.9. The van der Waals surface area contributed by atoms with Gasteiger partial charge in [-0.2, -0.15) is 0 Å². The standard InChI is InChI=1S/C39H58ClNO9/c1-10-31(47-9)26(4)35-36(50-35)37(41(8)23-28-14-16-29(40)17-15-28)39(7,46)20-11-12-24(2)34-25(3)13-18-32(48-27(5)42)38(6,45)21-19-30(43)22-33(44)49-34/h11-18,20,25-26,30-32,34-37,43,45-46H,10,19,21-23H2,1-9H3/b18-13+,20-11+,24-12+/t25-,26+,30+,31-,32-,34?,35+,36-,37?,38+,39?/m0/s1. The second-order valence-corrected chi connectivity index (χ2v) is 15.0. The summed E-state index contributed by atoms with van der Waals surface area (Å²) < 4.78 is 23.3. The highest BCUT2D eigenvalue weighted by molar-refractivity contribution is 6.30. The van der Waals surface area contributed by atoms with Crippen molar-refractivity contribution in [2.45, 2.75) is 135 Å². The van der Waals surface area contributed by atoms with Crippen molar-refractivity contribution < 1.29 is 43.9 Å². The molecule has 1 aromatic rings. The summed E-state index contributed by atoms with van der Waals surface area (Å²) >= 11 is 6.13. The fraction of sp³-hybridized carbons (Fsp3) is 0.641. The van der Waals surface area contributed by atoms with Crippen LogP contribution in [0.1, 0.15) is 79.7 Å². The van der Waals surface area contributed by atoms with Gasteiger partial charge in [0.25, 0.3) is 0 Å². The zero-order valence-electron chi connectivity index (χ0n) is 31.0. The Morgan fingerprint density at radius 3 is 2.48 bits per heavy atom. The van der Waals surface area contributed by atoms with Crippen LogP contribution in [-0.2, 0) is 35.1 Å². The molecule has 280 valence electrons. The quantitative estimate of drug-likeness (QED) is 0.103. The molecule has 3 unspecified atom stereocenters. The molecule has 2 aliphatic rings. The number of aliphatic hydroxyl groups excluding tert-OH is 1. The molecule has 0 spiro atoms. The molecule has 1 aromatic carbocycles. The van der Waals surface area contributed by atoms with E-state index < -0.39 is 47.5 Å². The van der Waals surface area contributed by atoms with Gasteiger partial charge in [0.15, 0.2) is 0 Å². The Morgan fingerprint density at radius 2 is 1.88 bits per heavy atom. The number of cyclic esters (lactones) is 1. The van der Waals surface area contributed by atoms with E-state index in [-0.39, 0.29) is 49.4 Å². The van der Waals surface area contributed by atoms with E-state index in [2.05, 4.69) is 18.7 Å². The molecule has 1 fully saturated rings. The van der Waals surface area contributed by atoms with Crippen LogP contribution in [0.2, 0.25) is 5.02 Å². The highest BCUT2D eigenvalue weighted by Crippen LogP contribution is 2.41. The third kappa shape index (κ3) is 11.7. The number of halogens is 1. The number of aliphatic hydroxyl groups is 3. The maximum Gasteiger partial charge on any atom is 0.309 e. The molecule has 0 amide bonds. The van der Waals surface area contributed by atoms with Crippen molar-refractivity contribution in [2.24, 2.45) is 11.8 Å². The first kappa shape index (κ1) is 41.8. The zero-order chi connectivity index (χ0) is 37.4. The summed E-state index contributed by atoms with van der Waals surface area (Å²) in [5.41, 5.74) is -1.06. The van der Waals surface area contributed by atoms with Crippen molar-refractivity contribution >= 4 is 23.5 Å². The van der Waals surface area contributed by atoms with Crippen LogP contribution in [0.3, 0.4) is 0 Å². The third-order valence-electron chi connectivity index (χ3n) is 9.96. The number of benzene rings is 1. The number of hydrogen-bond acceptors (Lipinski definition) is 10. The van der Waals surface area contributed by atoms with Crippen LogP contribution < -0.4 is 0 Å². The number of rotatable bonds is 13. The van der Waals surface area contributed by atoms with E-state index in [1.807, 2.05) is 45.2 Å². The number of hydrogen-bond donors (Lipinski definition) is 3. The number of esters is 2. The molecule has 3 rings (SSSR count). The lowest BCUT2D eigenvalue weighted by Crippen LogP contribution is -2.52. The molecule has 3 N–H and O–H groups in total. The van der Waals surface area contributed by atoms with Gasteiger partial charge in [0, 0.05) is 37.4 Å². The second-order valence-electron chi connectivity index (χ2n) is 14.5. The lowest BCUT2D eigenvalue weighted by molar-refractivity contribution is -0.157. The first-order valence-electron chi connectivity index (χ1n) is 17.6. The van der Waals surface area contributed by atoms with E-state index in [1.165, 1.54) is 6.92 Å². The Bertz CT molecular complexity index is 1350. The van der Waals surface area contributed by atoms with Gasteiger partial charge in [0.2, 0.25) is 0 Å². The minimum absolute atomic E-state index is 0.0273. The first-order chi connectivity index (χ1) is 23.4. The van der Waals surface area contributed by atoms with Crippen LogP contribution >= 0.6 is 11.6 Å². The number of methoxy groups -OCH3 is 1. The Hall–Kier alpha value is -2.57. The summed E-state index contributed by atoms with van der Waals surface area (Å²) in [6.07, 6.45) is 6.41. The average molecular weight is 720 g/mol. The molecule has 0 saturated carbocycles. The van der Waals surface area contributed by atoms with Gasteiger partial charge in [-0.1, -0.05) is 68.8 Å². The normalized spacial score (nSPS) is 31.9. The van der Waals surface area contributed by atoms with E-state index >= 15 is 0 Å². The van der Waals surface area contributed by atoms with Gasteiger partial charge >= 0.3 is 11.9 Å². The lowest BCUT2D eigenvalue weighted by Gasteiger charge is -2.37. The number of carbonyl (C=O) groups is 2.